The molecule has 2 aromatic carbocycles. The van der Waals surface area contributed by atoms with Crippen LogP contribution in [0.5, 0.6) is 5.75 Å². The van der Waals surface area contributed by atoms with Crippen molar-refractivity contribution in [3.8, 4) is 17.0 Å². The molecule has 1 fully saturated rings. The molecule has 1 aliphatic rings. The number of amides is 1. The summed E-state index contributed by atoms with van der Waals surface area (Å²) in [7, 11) is 1.57. The van der Waals surface area contributed by atoms with Gasteiger partial charge < -0.3 is 15.0 Å². The van der Waals surface area contributed by atoms with Gasteiger partial charge in [0.2, 0.25) is 5.91 Å². The van der Waals surface area contributed by atoms with E-state index in [-0.39, 0.29) is 17.5 Å². The second-order valence-corrected chi connectivity index (χ2v) is 7.61. The molecule has 0 atom stereocenters. The van der Waals surface area contributed by atoms with E-state index < -0.39 is 4.92 Å². The number of pyridine rings is 1. The van der Waals surface area contributed by atoms with Crippen molar-refractivity contribution in [2.45, 2.75) is 12.8 Å². The van der Waals surface area contributed by atoms with Crippen molar-refractivity contribution in [3.05, 3.63) is 76.8 Å². The predicted octanol–water partition coefficient (Wildman–Crippen LogP) is 4.52. The van der Waals surface area contributed by atoms with Gasteiger partial charge in [0.1, 0.15) is 11.6 Å². The number of aromatic nitrogens is 1. The van der Waals surface area contributed by atoms with Crippen molar-refractivity contribution in [2.24, 2.45) is 5.92 Å². The lowest BCUT2D eigenvalue weighted by molar-refractivity contribution is -0.384. The third-order valence-corrected chi connectivity index (χ3v) is 5.66. The number of piperidine rings is 1. The molecule has 1 aromatic heterocycles. The van der Waals surface area contributed by atoms with Crippen LogP contribution >= 0.6 is 0 Å². The number of rotatable bonds is 6. The van der Waals surface area contributed by atoms with E-state index in [1.807, 2.05) is 54.6 Å². The minimum Gasteiger partial charge on any atom is -0.495 e. The van der Waals surface area contributed by atoms with Gasteiger partial charge >= 0.3 is 0 Å². The molecule has 2 heterocycles. The van der Waals surface area contributed by atoms with E-state index in [0.29, 0.717) is 54.4 Å². The monoisotopic (exact) mass is 432 g/mol. The minimum absolute atomic E-state index is 0.0222. The van der Waals surface area contributed by atoms with Crippen LogP contribution in [-0.4, -0.2) is 36.0 Å². The fraction of sp³-hybridized carbons (Fsp3) is 0.250. The highest BCUT2D eigenvalue weighted by atomic mass is 16.6. The highest BCUT2D eigenvalue weighted by Gasteiger charge is 2.27. The Kier molecular flexibility index (Phi) is 6.30. The zero-order valence-corrected chi connectivity index (χ0v) is 17.7. The smallest absolute Gasteiger partial charge is 0.295 e. The quantitative estimate of drug-likeness (QED) is 0.454. The largest absolute Gasteiger partial charge is 0.495 e. The summed E-state index contributed by atoms with van der Waals surface area (Å²) in [6, 6.07) is 19.7. The topological polar surface area (TPSA) is 97.6 Å². The van der Waals surface area contributed by atoms with Crippen LogP contribution in [0.1, 0.15) is 12.8 Å². The molecule has 0 saturated carbocycles. The fourth-order valence-electron chi connectivity index (χ4n) is 3.93. The van der Waals surface area contributed by atoms with Crippen LogP contribution in [0.15, 0.2) is 66.7 Å². The van der Waals surface area contributed by atoms with Gasteiger partial charge in [-0.25, -0.2) is 4.98 Å². The third-order valence-electron chi connectivity index (χ3n) is 5.66. The van der Waals surface area contributed by atoms with Crippen molar-refractivity contribution in [2.75, 3.05) is 30.4 Å². The normalized spacial score (nSPS) is 14.1. The Morgan fingerprint density at radius 1 is 1.06 bits per heavy atom. The average Bonchev–Trinajstić information content (AvgIpc) is 2.84. The molecule has 0 radical (unpaired) electrons. The first kappa shape index (κ1) is 21.3. The van der Waals surface area contributed by atoms with Crippen molar-refractivity contribution in [1.82, 2.24) is 4.98 Å². The molecule has 0 aliphatic carbocycles. The van der Waals surface area contributed by atoms with Gasteiger partial charge in [-0.3, -0.25) is 14.9 Å². The van der Waals surface area contributed by atoms with Gasteiger partial charge in [0.15, 0.2) is 5.69 Å². The van der Waals surface area contributed by atoms with E-state index >= 15 is 0 Å². The Morgan fingerprint density at radius 2 is 1.75 bits per heavy atom. The molecule has 4 rings (SSSR count). The van der Waals surface area contributed by atoms with Crippen LogP contribution in [0.3, 0.4) is 0 Å². The molecule has 1 N–H and O–H groups in total. The summed E-state index contributed by atoms with van der Waals surface area (Å²) in [6.07, 6.45) is 1.33. The fourth-order valence-corrected chi connectivity index (χ4v) is 3.93. The summed E-state index contributed by atoms with van der Waals surface area (Å²) in [4.78, 5) is 30.5. The zero-order chi connectivity index (χ0) is 22.5. The van der Waals surface area contributed by atoms with Crippen LogP contribution in [0, 0.1) is 16.0 Å². The maximum atomic E-state index is 12.8. The first-order chi connectivity index (χ1) is 15.6. The minimum atomic E-state index is -0.409. The number of nitrogens with one attached hydrogen (secondary N) is 1. The van der Waals surface area contributed by atoms with E-state index in [2.05, 4.69) is 15.2 Å². The van der Waals surface area contributed by atoms with Gasteiger partial charge in [-0.15, -0.1) is 0 Å². The van der Waals surface area contributed by atoms with Crippen molar-refractivity contribution in [1.29, 1.82) is 0 Å². The van der Waals surface area contributed by atoms with E-state index in [1.54, 1.807) is 13.2 Å². The third kappa shape index (κ3) is 4.54. The Balaban J connectivity index is 1.46. The van der Waals surface area contributed by atoms with Crippen LogP contribution in [0.25, 0.3) is 11.3 Å². The van der Waals surface area contributed by atoms with Crippen LogP contribution < -0.4 is 15.0 Å². The Bertz CT molecular complexity index is 1110. The summed E-state index contributed by atoms with van der Waals surface area (Å²) in [6.45, 7) is 1.28. The van der Waals surface area contributed by atoms with Gasteiger partial charge in [-0.2, -0.15) is 0 Å². The molecule has 3 aromatic rings. The van der Waals surface area contributed by atoms with Gasteiger partial charge in [0.25, 0.3) is 5.69 Å². The Labute approximate surface area is 186 Å². The van der Waals surface area contributed by atoms with Crippen molar-refractivity contribution < 1.29 is 14.5 Å². The van der Waals surface area contributed by atoms with E-state index in [0.717, 1.165) is 0 Å². The van der Waals surface area contributed by atoms with Crippen LogP contribution in [0.2, 0.25) is 0 Å². The lowest BCUT2D eigenvalue weighted by Gasteiger charge is -2.32. The number of benzene rings is 2. The van der Waals surface area contributed by atoms with E-state index in [4.69, 9.17) is 4.74 Å². The molecule has 1 saturated heterocycles. The molecular formula is C24H24N4O4. The molecule has 8 heteroatoms. The van der Waals surface area contributed by atoms with Gasteiger partial charge in [-0.1, -0.05) is 42.5 Å². The molecule has 8 nitrogen and oxygen atoms in total. The summed E-state index contributed by atoms with van der Waals surface area (Å²) in [5.41, 5.74) is 1.69. The summed E-state index contributed by atoms with van der Waals surface area (Å²) >= 11 is 0. The number of anilines is 2. The maximum Gasteiger partial charge on any atom is 0.295 e. The highest BCUT2D eigenvalue weighted by molar-refractivity contribution is 5.94. The van der Waals surface area contributed by atoms with Crippen molar-refractivity contribution in [3.63, 3.8) is 0 Å². The second-order valence-electron chi connectivity index (χ2n) is 7.61. The first-order valence-electron chi connectivity index (χ1n) is 10.5. The summed E-state index contributed by atoms with van der Waals surface area (Å²) in [5, 5.41) is 14.5. The predicted molar refractivity (Wildman–Crippen MR) is 123 cm³/mol. The number of ether oxygens (including phenoxy) is 1. The van der Waals surface area contributed by atoms with Crippen LogP contribution in [0.4, 0.5) is 17.2 Å². The molecular weight excluding hydrogens is 408 g/mol. The number of nitrogens with zero attached hydrogens (tertiary/aromatic N) is 3. The molecule has 0 unspecified atom stereocenters. The molecule has 1 amide bonds. The second kappa shape index (κ2) is 9.47. The zero-order valence-electron chi connectivity index (χ0n) is 17.7. The lowest BCUT2D eigenvalue weighted by Crippen LogP contribution is -2.38. The van der Waals surface area contributed by atoms with Crippen molar-refractivity contribution >= 4 is 23.1 Å². The number of carbonyl (C=O) groups is 1. The number of hydrogen-bond acceptors (Lipinski definition) is 6. The SMILES string of the molecule is COc1ccccc1NC(=O)C1CCN(c2ccc([N+](=O)[O-])c(-c3ccccc3)n2)CC1. The number of carbonyl (C=O) groups excluding carboxylic acids is 1. The molecule has 1 aliphatic heterocycles. The molecule has 0 spiro atoms. The molecule has 0 bridgehead atoms. The Hall–Kier alpha value is -3.94. The van der Waals surface area contributed by atoms with Gasteiger partial charge in [-0.05, 0) is 31.0 Å². The highest BCUT2D eigenvalue weighted by Crippen LogP contribution is 2.32. The van der Waals surface area contributed by atoms with Crippen LogP contribution in [-0.2, 0) is 4.79 Å². The molecule has 164 valence electrons. The van der Waals surface area contributed by atoms with E-state index in [1.165, 1.54) is 6.07 Å². The number of para-hydroxylation sites is 2. The van der Waals surface area contributed by atoms with Gasteiger partial charge in [0.05, 0.1) is 17.7 Å². The molecule has 32 heavy (non-hydrogen) atoms. The van der Waals surface area contributed by atoms with E-state index in [9.17, 15) is 14.9 Å². The standard InChI is InChI=1S/C24H24N4O4/c1-32-21-10-6-5-9-19(21)25-24(29)18-13-15-27(16-14-18)22-12-11-20(28(30)31)23(26-22)17-7-3-2-4-8-17/h2-12,18H,13-16H2,1H3,(H,25,29). The number of methoxy groups -OCH3 is 1. The first-order valence-corrected chi connectivity index (χ1v) is 10.5. The maximum absolute atomic E-state index is 12.8. The average molecular weight is 432 g/mol. The summed E-state index contributed by atoms with van der Waals surface area (Å²) in [5.74, 6) is 1.15. The Morgan fingerprint density at radius 3 is 2.44 bits per heavy atom. The lowest BCUT2D eigenvalue weighted by atomic mass is 9.95. The summed E-state index contributed by atoms with van der Waals surface area (Å²) < 4.78 is 5.30. The number of nitro groups is 1. The van der Waals surface area contributed by atoms with Gasteiger partial charge in [0, 0.05) is 30.6 Å². The number of hydrogen-bond donors (Lipinski definition) is 1.